The van der Waals surface area contributed by atoms with E-state index in [1.807, 2.05) is 20.8 Å². The number of rotatable bonds is 2. The van der Waals surface area contributed by atoms with E-state index in [2.05, 4.69) is 9.78 Å². The molecule has 98 valence electrons. The molecule has 1 aromatic rings. The summed E-state index contributed by atoms with van der Waals surface area (Å²) in [5, 5.41) is 16.7. The molecule has 18 heavy (non-hydrogen) atoms. The first-order chi connectivity index (χ1) is 8.31. The lowest BCUT2D eigenvalue weighted by molar-refractivity contribution is -0.183. The summed E-state index contributed by atoms with van der Waals surface area (Å²) < 4.78 is 0. The maximum atomic E-state index is 11.4. The lowest BCUT2D eigenvalue weighted by atomic mass is 9.83. The van der Waals surface area contributed by atoms with Gasteiger partial charge in [-0.15, -0.1) is 0 Å². The van der Waals surface area contributed by atoms with Crippen molar-refractivity contribution < 1.29 is 29.9 Å². The minimum atomic E-state index is -0.926. The van der Waals surface area contributed by atoms with Gasteiger partial charge in [-0.25, -0.2) is 9.59 Å². The van der Waals surface area contributed by atoms with E-state index < -0.39 is 17.4 Å². The average molecular weight is 254 g/mol. The first-order valence-corrected chi connectivity index (χ1v) is 5.17. The van der Waals surface area contributed by atoms with Gasteiger partial charge in [-0.2, -0.15) is 10.5 Å². The van der Waals surface area contributed by atoms with Crippen LogP contribution in [0.5, 0.6) is 0 Å². The van der Waals surface area contributed by atoms with Crippen molar-refractivity contribution in [3.63, 3.8) is 0 Å². The van der Waals surface area contributed by atoms with E-state index in [1.54, 1.807) is 0 Å². The van der Waals surface area contributed by atoms with Gasteiger partial charge in [0.15, 0.2) is 0 Å². The molecule has 0 heterocycles. The Morgan fingerprint density at radius 2 is 1.61 bits per heavy atom. The van der Waals surface area contributed by atoms with Gasteiger partial charge >= 0.3 is 11.9 Å². The molecular formula is C12H14O6. The van der Waals surface area contributed by atoms with Crippen molar-refractivity contribution in [3.05, 3.63) is 34.9 Å². The summed E-state index contributed by atoms with van der Waals surface area (Å²) >= 11 is 0. The van der Waals surface area contributed by atoms with Crippen LogP contribution in [0.3, 0.4) is 0 Å². The summed E-state index contributed by atoms with van der Waals surface area (Å²) in [6.07, 6.45) is 0. The van der Waals surface area contributed by atoms with Crippen LogP contribution >= 0.6 is 0 Å². The van der Waals surface area contributed by atoms with Crippen LogP contribution in [0, 0.1) is 0 Å². The first-order valence-electron chi connectivity index (χ1n) is 5.17. The van der Waals surface area contributed by atoms with Crippen molar-refractivity contribution in [1.82, 2.24) is 0 Å². The summed E-state index contributed by atoms with van der Waals surface area (Å²) in [4.78, 5) is 29.9. The van der Waals surface area contributed by atoms with Crippen LogP contribution in [-0.4, -0.2) is 22.5 Å². The Labute approximate surface area is 104 Å². The number of hydrogen-bond donors (Lipinski definition) is 2. The molecule has 1 aromatic carbocycles. The third kappa shape index (κ3) is 2.85. The Kier molecular flexibility index (Phi) is 4.05. The summed E-state index contributed by atoms with van der Waals surface area (Å²) in [6, 6.07) is 4.02. The third-order valence-corrected chi connectivity index (χ3v) is 2.45. The quantitative estimate of drug-likeness (QED) is 0.621. The molecule has 2 N–H and O–H groups in total. The summed E-state index contributed by atoms with van der Waals surface area (Å²) in [5.74, 6) is -1.84. The molecule has 0 radical (unpaired) electrons. The van der Waals surface area contributed by atoms with E-state index in [9.17, 15) is 9.59 Å². The molecule has 1 rings (SSSR count). The van der Waals surface area contributed by atoms with Crippen LogP contribution in [0.25, 0.3) is 0 Å². The van der Waals surface area contributed by atoms with Gasteiger partial charge < -0.3 is 0 Å². The van der Waals surface area contributed by atoms with Gasteiger partial charge in [-0.1, -0.05) is 20.8 Å². The van der Waals surface area contributed by atoms with Gasteiger partial charge in [0, 0.05) is 0 Å². The zero-order valence-electron chi connectivity index (χ0n) is 10.3. The molecular weight excluding hydrogens is 240 g/mol. The molecule has 0 amide bonds. The van der Waals surface area contributed by atoms with Crippen LogP contribution in [0.4, 0.5) is 0 Å². The van der Waals surface area contributed by atoms with Crippen molar-refractivity contribution in [2.75, 3.05) is 0 Å². The molecule has 0 atom stereocenters. The minimum absolute atomic E-state index is 0.0944. The second-order valence-corrected chi connectivity index (χ2v) is 4.77. The van der Waals surface area contributed by atoms with Gasteiger partial charge in [0.1, 0.15) is 0 Å². The maximum absolute atomic E-state index is 11.4. The molecule has 0 spiro atoms. The van der Waals surface area contributed by atoms with Crippen LogP contribution in [0.1, 0.15) is 47.1 Å². The minimum Gasteiger partial charge on any atom is -0.296 e. The summed E-state index contributed by atoms with van der Waals surface area (Å²) in [5.41, 5.74) is 0.260. The predicted molar refractivity (Wildman–Crippen MR) is 61.2 cm³/mol. The topological polar surface area (TPSA) is 93.1 Å². The van der Waals surface area contributed by atoms with Crippen LogP contribution < -0.4 is 0 Å². The number of carbonyl (C=O) groups excluding carboxylic acids is 2. The van der Waals surface area contributed by atoms with Gasteiger partial charge in [0.2, 0.25) is 0 Å². The lowest BCUT2D eigenvalue weighted by Crippen LogP contribution is -2.19. The molecule has 0 saturated carbocycles. The van der Waals surface area contributed by atoms with Crippen molar-refractivity contribution in [3.8, 4) is 0 Å². The smallest absolute Gasteiger partial charge is 0.296 e. The van der Waals surface area contributed by atoms with Gasteiger partial charge in [0.25, 0.3) is 0 Å². The molecule has 6 heteroatoms. The Morgan fingerprint density at radius 1 is 1.06 bits per heavy atom. The van der Waals surface area contributed by atoms with Crippen LogP contribution in [0.15, 0.2) is 18.2 Å². The molecule has 6 nitrogen and oxygen atoms in total. The van der Waals surface area contributed by atoms with Crippen LogP contribution in [0.2, 0.25) is 0 Å². The highest BCUT2D eigenvalue weighted by Gasteiger charge is 2.24. The van der Waals surface area contributed by atoms with E-state index in [0.29, 0.717) is 5.56 Å². The molecule has 0 unspecified atom stereocenters. The zero-order valence-corrected chi connectivity index (χ0v) is 10.3. The molecule has 0 aliphatic carbocycles. The second-order valence-electron chi connectivity index (χ2n) is 4.77. The molecule has 0 aliphatic heterocycles. The second kappa shape index (κ2) is 5.16. The Hall–Kier alpha value is -1.92. The standard InChI is InChI=1S/C12H14O6/c1-12(2,3)9-6-7(10(13)17-15)4-5-8(9)11(14)18-16/h4-6,15-16H,1-3H3. The Morgan fingerprint density at radius 3 is 2.06 bits per heavy atom. The molecule has 0 fully saturated rings. The number of hydrogen-bond acceptors (Lipinski definition) is 6. The first kappa shape index (κ1) is 14.1. The average Bonchev–Trinajstić information content (AvgIpc) is 2.35. The van der Waals surface area contributed by atoms with E-state index in [-0.39, 0.29) is 11.1 Å². The van der Waals surface area contributed by atoms with E-state index in [4.69, 9.17) is 10.5 Å². The fraction of sp³-hybridized carbons (Fsp3) is 0.333. The summed E-state index contributed by atoms with van der Waals surface area (Å²) in [7, 11) is 0. The highest BCUT2D eigenvalue weighted by molar-refractivity contribution is 5.94. The van der Waals surface area contributed by atoms with Gasteiger partial charge in [-0.3, -0.25) is 9.78 Å². The fourth-order valence-electron chi connectivity index (χ4n) is 1.57. The molecule has 0 aromatic heterocycles. The van der Waals surface area contributed by atoms with Crippen LogP contribution in [-0.2, 0) is 15.2 Å². The monoisotopic (exact) mass is 254 g/mol. The number of carbonyl (C=O) groups is 2. The molecule has 0 saturated heterocycles. The molecule has 0 bridgehead atoms. The third-order valence-electron chi connectivity index (χ3n) is 2.45. The molecule has 0 aliphatic rings. The normalized spacial score (nSPS) is 10.9. The Balaban J connectivity index is 3.39. The lowest BCUT2D eigenvalue weighted by Gasteiger charge is -2.22. The zero-order chi connectivity index (χ0) is 13.9. The highest BCUT2D eigenvalue weighted by Crippen LogP contribution is 2.27. The highest BCUT2D eigenvalue weighted by atomic mass is 17.1. The number of benzene rings is 1. The Bertz CT molecular complexity index is 472. The van der Waals surface area contributed by atoms with Crippen molar-refractivity contribution in [2.24, 2.45) is 0 Å². The van der Waals surface area contributed by atoms with Crippen molar-refractivity contribution in [1.29, 1.82) is 0 Å². The maximum Gasteiger partial charge on any atom is 0.373 e. The van der Waals surface area contributed by atoms with Crippen molar-refractivity contribution >= 4 is 11.9 Å². The van der Waals surface area contributed by atoms with E-state index in [0.717, 1.165) is 0 Å². The van der Waals surface area contributed by atoms with E-state index in [1.165, 1.54) is 18.2 Å². The van der Waals surface area contributed by atoms with Gasteiger partial charge in [-0.05, 0) is 29.2 Å². The van der Waals surface area contributed by atoms with Gasteiger partial charge in [0.05, 0.1) is 11.1 Å². The predicted octanol–water partition coefficient (Wildman–Crippen LogP) is 2.24. The summed E-state index contributed by atoms with van der Waals surface area (Å²) in [6.45, 7) is 5.47. The van der Waals surface area contributed by atoms with E-state index >= 15 is 0 Å². The van der Waals surface area contributed by atoms with Crippen molar-refractivity contribution in [2.45, 2.75) is 26.2 Å². The SMILES string of the molecule is CC(C)(C)c1cc(C(=O)OO)ccc1C(=O)OO. The largest absolute Gasteiger partial charge is 0.373 e. The fourth-order valence-corrected chi connectivity index (χ4v) is 1.57.